The Morgan fingerprint density at radius 2 is 2.00 bits per heavy atom. The lowest BCUT2D eigenvalue weighted by Crippen LogP contribution is -2.40. The minimum absolute atomic E-state index is 0.0252. The first-order valence-corrected chi connectivity index (χ1v) is 6.97. The Hall–Kier alpha value is -1.42. The number of amides is 2. The summed E-state index contributed by atoms with van der Waals surface area (Å²) in [6.45, 7) is 6.49. The van der Waals surface area contributed by atoms with Crippen molar-refractivity contribution in [2.75, 3.05) is 26.2 Å². The molecule has 1 aromatic carbocycles. The smallest absolute Gasteiger partial charge is 0.317 e. The van der Waals surface area contributed by atoms with Gasteiger partial charge in [0, 0.05) is 19.6 Å². The highest BCUT2D eigenvalue weighted by Crippen LogP contribution is 2.22. The molecule has 0 radical (unpaired) electrons. The molecule has 1 rings (SSSR count). The van der Waals surface area contributed by atoms with E-state index in [1.165, 1.54) is 0 Å². The van der Waals surface area contributed by atoms with E-state index in [1.54, 1.807) is 11.0 Å². The molecular formula is C14H21ClN2O2. The van der Waals surface area contributed by atoms with Gasteiger partial charge < -0.3 is 15.0 Å². The number of carbonyl (C=O) groups excluding carboxylic acids is 1. The minimum Gasteiger partial charge on any atom is -0.492 e. The molecule has 0 heterocycles. The van der Waals surface area contributed by atoms with Crippen molar-refractivity contribution in [3.05, 3.63) is 29.3 Å². The fourth-order valence-electron chi connectivity index (χ4n) is 1.63. The van der Waals surface area contributed by atoms with Gasteiger partial charge in [0.05, 0.1) is 11.6 Å². The summed E-state index contributed by atoms with van der Waals surface area (Å²) in [6.07, 6.45) is 0.748. The molecule has 0 atom stereocenters. The zero-order valence-corrected chi connectivity index (χ0v) is 12.2. The highest BCUT2D eigenvalue weighted by atomic mass is 35.5. The number of benzene rings is 1. The number of nitrogens with one attached hydrogen (secondary N) is 1. The summed E-state index contributed by atoms with van der Waals surface area (Å²) in [4.78, 5) is 13.4. The van der Waals surface area contributed by atoms with E-state index < -0.39 is 0 Å². The molecule has 0 saturated heterocycles. The predicted molar refractivity (Wildman–Crippen MR) is 77.9 cm³/mol. The van der Waals surface area contributed by atoms with E-state index in [2.05, 4.69) is 5.32 Å². The fourth-order valence-corrected chi connectivity index (χ4v) is 1.82. The second-order valence-corrected chi connectivity index (χ2v) is 4.44. The predicted octanol–water partition coefficient (Wildman–Crippen LogP) is 3.16. The van der Waals surface area contributed by atoms with Gasteiger partial charge in [-0.25, -0.2) is 4.79 Å². The van der Waals surface area contributed by atoms with Crippen LogP contribution in [0.2, 0.25) is 5.02 Å². The van der Waals surface area contributed by atoms with Crippen LogP contribution < -0.4 is 10.1 Å². The molecule has 4 nitrogen and oxygen atoms in total. The van der Waals surface area contributed by atoms with Crippen molar-refractivity contribution in [3.8, 4) is 5.75 Å². The molecule has 19 heavy (non-hydrogen) atoms. The molecule has 0 aliphatic rings. The molecule has 0 aliphatic carbocycles. The molecule has 0 spiro atoms. The highest BCUT2D eigenvalue weighted by molar-refractivity contribution is 6.32. The number of carbonyl (C=O) groups is 1. The van der Waals surface area contributed by atoms with Crippen molar-refractivity contribution in [1.29, 1.82) is 0 Å². The van der Waals surface area contributed by atoms with Gasteiger partial charge in [-0.2, -0.15) is 0 Å². The molecule has 106 valence electrons. The average molecular weight is 285 g/mol. The van der Waals surface area contributed by atoms with Crippen LogP contribution in [0, 0.1) is 0 Å². The van der Waals surface area contributed by atoms with E-state index in [-0.39, 0.29) is 6.03 Å². The highest BCUT2D eigenvalue weighted by Gasteiger charge is 2.07. The van der Waals surface area contributed by atoms with E-state index in [0.29, 0.717) is 23.9 Å². The van der Waals surface area contributed by atoms with Crippen molar-refractivity contribution in [2.24, 2.45) is 0 Å². The Morgan fingerprint density at radius 1 is 1.32 bits per heavy atom. The maximum absolute atomic E-state index is 11.6. The first-order valence-electron chi connectivity index (χ1n) is 6.59. The lowest BCUT2D eigenvalue weighted by atomic mass is 10.3. The minimum atomic E-state index is -0.0252. The molecule has 0 bridgehead atoms. The third-order valence-electron chi connectivity index (χ3n) is 2.74. The number of ether oxygens (including phenoxy) is 1. The van der Waals surface area contributed by atoms with E-state index >= 15 is 0 Å². The maximum atomic E-state index is 11.6. The molecule has 0 saturated carbocycles. The number of hydrogen-bond donors (Lipinski definition) is 1. The van der Waals surface area contributed by atoms with Crippen molar-refractivity contribution in [1.82, 2.24) is 10.2 Å². The van der Waals surface area contributed by atoms with Gasteiger partial charge in [0.25, 0.3) is 0 Å². The largest absolute Gasteiger partial charge is 0.492 e. The Balaban J connectivity index is 2.18. The van der Waals surface area contributed by atoms with Gasteiger partial charge in [-0.05, 0) is 32.4 Å². The van der Waals surface area contributed by atoms with Gasteiger partial charge in [0.1, 0.15) is 5.75 Å². The molecule has 2 amide bonds. The van der Waals surface area contributed by atoms with Crippen LogP contribution in [0.15, 0.2) is 24.3 Å². The first kappa shape index (κ1) is 15.6. The lowest BCUT2D eigenvalue weighted by molar-refractivity contribution is 0.202. The zero-order valence-electron chi connectivity index (χ0n) is 11.5. The van der Waals surface area contributed by atoms with Crippen molar-refractivity contribution >= 4 is 17.6 Å². The quantitative estimate of drug-likeness (QED) is 0.782. The summed E-state index contributed by atoms with van der Waals surface area (Å²) in [6, 6.07) is 7.33. The molecular weight excluding hydrogens is 264 g/mol. The van der Waals surface area contributed by atoms with Gasteiger partial charge in [-0.3, -0.25) is 0 Å². The summed E-state index contributed by atoms with van der Waals surface area (Å²) >= 11 is 5.97. The third-order valence-corrected chi connectivity index (χ3v) is 3.05. The van der Waals surface area contributed by atoms with Crippen LogP contribution in [-0.2, 0) is 0 Å². The van der Waals surface area contributed by atoms with Gasteiger partial charge in [-0.15, -0.1) is 0 Å². The number of urea groups is 1. The normalized spacial score (nSPS) is 10.1. The zero-order chi connectivity index (χ0) is 14.1. The monoisotopic (exact) mass is 284 g/mol. The average Bonchev–Trinajstić information content (AvgIpc) is 2.42. The summed E-state index contributed by atoms with van der Waals surface area (Å²) in [5.74, 6) is 0.680. The van der Waals surface area contributed by atoms with Crippen LogP contribution in [-0.4, -0.2) is 37.2 Å². The summed E-state index contributed by atoms with van der Waals surface area (Å²) in [5.41, 5.74) is 0. The number of hydrogen-bond acceptors (Lipinski definition) is 2. The topological polar surface area (TPSA) is 41.6 Å². The Morgan fingerprint density at radius 3 is 2.63 bits per heavy atom. The van der Waals surface area contributed by atoms with Gasteiger partial charge in [-0.1, -0.05) is 23.7 Å². The Labute approximate surface area is 119 Å². The number of halogens is 1. The Bertz CT molecular complexity index is 395. The van der Waals surface area contributed by atoms with Crippen LogP contribution in [0.4, 0.5) is 4.79 Å². The summed E-state index contributed by atoms with van der Waals surface area (Å²) < 4.78 is 5.53. The Kier molecular flexibility index (Phi) is 7.11. The van der Waals surface area contributed by atoms with E-state index in [0.717, 1.165) is 19.5 Å². The summed E-state index contributed by atoms with van der Waals surface area (Å²) in [7, 11) is 0. The molecule has 1 aromatic rings. The molecule has 0 unspecified atom stereocenters. The van der Waals surface area contributed by atoms with Crippen LogP contribution in [0.25, 0.3) is 0 Å². The first-order chi connectivity index (χ1) is 9.19. The molecule has 0 aromatic heterocycles. The van der Waals surface area contributed by atoms with Crippen LogP contribution in [0.3, 0.4) is 0 Å². The van der Waals surface area contributed by atoms with Gasteiger partial charge in [0.2, 0.25) is 0 Å². The van der Waals surface area contributed by atoms with E-state index in [1.807, 2.05) is 32.0 Å². The summed E-state index contributed by atoms with van der Waals surface area (Å²) in [5, 5.41) is 3.47. The van der Waals surface area contributed by atoms with E-state index in [4.69, 9.17) is 16.3 Å². The fraction of sp³-hybridized carbons (Fsp3) is 0.500. The number of nitrogens with zero attached hydrogens (tertiary/aromatic N) is 1. The molecule has 0 fully saturated rings. The third kappa shape index (κ3) is 5.39. The molecule has 0 aliphatic heterocycles. The van der Waals surface area contributed by atoms with Crippen molar-refractivity contribution in [2.45, 2.75) is 20.3 Å². The van der Waals surface area contributed by atoms with Crippen LogP contribution in [0.5, 0.6) is 5.75 Å². The second kappa shape index (κ2) is 8.64. The molecule has 1 N–H and O–H groups in total. The standard InChI is InChI=1S/C14H21ClN2O2/c1-3-17(4-2)14(18)16-10-7-11-19-13-9-6-5-8-12(13)15/h5-6,8-9H,3-4,7,10-11H2,1-2H3,(H,16,18). The second-order valence-electron chi connectivity index (χ2n) is 4.04. The lowest BCUT2D eigenvalue weighted by Gasteiger charge is -2.19. The maximum Gasteiger partial charge on any atom is 0.317 e. The van der Waals surface area contributed by atoms with Crippen LogP contribution >= 0.6 is 11.6 Å². The number of para-hydroxylation sites is 1. The molecule has 5 heteroatoms. The SMILES string of the molecule is CCN(CC)C(=O)NCCCOc1ccccc1Cl. The van der Waals surface area contributed by atoms with Crippen molar-refractivity contribution < 1.29 is 9.53 Å². The van der Waals surface area contributed by atoms with E-state index in [9.17, 15) is 4.79 Å². The van der Waals surface area contributed by atoms with Gasteiger partial charge >= 0.3 is 6.03 Å². The number of rotatable bonds is 7. The van der Waals surface area contributed by atoms with Crippen LogP contribution in [0.1, 0.15) is 20.3 Å². The van der Waals surface area contributed by atoms with Crippen molar-refractivity contribution in [3.63, 3.8) is 0 Å². The van der Waals surface area contributed by atoms with Gasteiger partial charge in [0.15, 0.2) is 0 Å².